The minimum Gasteiger partial charge on any atom is -0.338 e. The van der Waals surface area contributed by atoms with Crippen molar-refractivity contribution in [2.24, 2.45) is 11.1 Å². The van der Waals surface area contributed by atoms with E-state index in [0.29, 0.717) is 29.7 Å². The molecule has 1 heterocycles. The van der Waals surface area contributed by atoms with Crippen LogP contribution in [0.4, 0.5) is 4.39 Å². The Balaban J connectivity index is 2.18. The zero-order valence-corrected chi connectivity index (χ0v) is 11.8. The maximum Gasteiger partial charge on any atom is 0.254 e. The third-order valence-corrected chi connectivity index (χ3v) is 3.91. The van der Waals surface area contributed by atoms with Crippen LogP contribution in [0, 0.1) is 11.2 Å². The van der Waals surface area contributed by atoms with Crippen LogP contribution in [0.25, 0.3) is 0 Å². The summed E-state index contributed by atoms with van der Waals surface area (Å²) in [6.07, 6.45) is 0.895. The summed E-state index contributed by atoms with van der Waals surface area (Å²) in [4.78, 5) is 14.0. The molecule has 2 N–H and O–H groups in total. The summed E-state index contributed by atoms with van der Waals surface area (Å²) < 4.78 is 13.8. The van der Waals surface area contributed by atoms with Crippen LogP contribution in [-0.4, -0.2) is 30.4 Å². The first-order valence-electron chi connectivity index (χ1n) is 5.89. The molecule has 0 aromatic heterocycles. The zero-order valence-electron chi connectivity index (χ0n) is 10.2. The molecule has 0 saturated carbocycles. The highest BCUT2D eigenvalue weighted by molar-refractivity contribution is 9.10. The number of hydrogen-bond donors (Lipinski definition) is 1. The zero-order chi connectivity index (χ0) is 13.3. The number of halogens is 2. The molecular weight excluding hydrogens is 299 g/mol. The predicted molar refractivity (Wildman–Crippen MR) is 71.8 cm³/mol. The molecule has 2 rings (SSSR count). The molecule has 1 aliphatic rings. The summed E-state index contributed by atoms with van der Waals surface area (Å²) in [5.41, 5.74) is 6.08. The highest BCUT2D eigenvalue weighted by Gasteiger charge is 2.35. The topological polar surface area (TPSA) is 46.3 Å². The van der Waals surface area contributed by atoms with Gasteiger partial charge in [-0.25, -0.2) is 4.39 Å². The predicted octanol–water partition coefficient (Wildman–Crippen LogP) is 2.40. The molecule has 1 aromatic rings. The van der Waals surface area contributed by atoms with E-state index < -0.39 is 5.82 Å². The quantitative estimate of drug-likeness (QED) is 0.911. The molecule has 1 unspecified atom stereocenters. The van der Waals surface area contributed by atoms with Gasteiger partial charge in [0, 0.05) is 23.1 Å². The van der Waals surface area contributed by atoms with Crippen molar-refractivity contribution >= 4 is 21.8 Å². The number of carbonyl (C=O) groups is 1. The number of nitrogens with two attached hydrogens (primary N) is 1. The third kappa shape index (κ3) is 2.72. The van der Waals surface area contributed by atoms with Gasteiger partial charge in [-0.05, 0) is 36.6 Å². The first-order valence-corrected chi connectivity index (χ1v) is 6.68. The van der Waals surface area contributed by atoms with Crippen molar-refractivity contribution in [3.8, 4) is 0 Å². The lowest BCUT2D eigenvalue weighted by Crippen LogP contribution is -2.34. The van der Waals surface area contributed by atoms with Crippen molar-refractivity contribution in [2.75, 3.05) is 19.6 Å². The third-order valence-electron chi connectivity index (χ3n) is 3.45. The fourth-order valence-electron chi connectivity index (χ4n) is 2.22. The lowest BCUT2D eigenvalue weighted by molar-refractivity contribution is 0.0776. The van der Waals surface area contributed by atoms with Crippen LogP contribution in [0.2, 0.25) is 0 Å². The highest BCUT2D eigenvalue weighted by atomic mass is 79.9. The van der Waals surface area contributed by atoms with E-state index >= 15 is 0 Å². The van der Waals surface area contributed by atoms with E-state index in [1.54, 1.807) is 11.0 Å². The summed E-state index contributed by atoms with van der Waals surface area (Å²) in [6.45, 7) is 3.95. The normalized spacial score (nSPS) is 23.4. The Morgan fingerprint density at radius 2 is 2.28 bits per heavy atom. The summed E-state index contributed by atoms with van der Waals surface area (Å²) in [6, 6.07) is 4.25. The molecule has 1 atom stereocenters. The standard InChI is InChI=1S/C13H16BrFN2O/c1-13(7-16)2-3-17(8-13)12(18)9-4-10(14)6-11(15)5-9/h4-6H,2-3,7-8,16H2,1H3. The van der Waals surface area contributed by atoms with Gasteiger partial charge in [-0.3, -0.25) is 4.79 Å². The number of nitrogens with zero attached hydrogens (tertiary/aromatic N) is 1. The van der Waals surface area contributed by atoms with Gasteiger partial charge in [-0.1, -0.05) is 22.9 Å². The summed E-state index contributed by atoms with van der Waals surface area (Å²) >= 11 is 3.20. The van der Waals surface area contributed by atoms with Crippen molar-refractivity contribution in [1.82, 2.24) is 4.90 Å². The molecule has 5 heteroatoms. The van der Waals surface area contributed by atoms with Gasteiger partial charge in [0.1, 0.15) is 5.82 Å². The van der Waals surface area contributed by atoms with Crippen LogP contribution in [-0.2, 0) is 0 Å². The first-order chi connectivity index (χ1) is 8.43. The molecule has 3 nitrogen and oxygen atoms in total. The molecule has 1 fully saturated rings. The van der Waals surface area contributed by atoms with Gasteiger partial charge in [0.2, 0.25) is 0 Å². The molecule has 18 heavy (non-hydrogen) atoms. The first kappa shape index (κ1) is 13.5. The van der Waals surface area contributed by atoms with Crippen molar-refractivity contribution in [2.45, 2.75) is 13.3 Å². The van der Waals surface area contributed by atoms with Crippen LogP contribution >= 0.6 is 15.9 Å². The molecule has 0 bridgehead atoms. The molecule has 98 valence electrons. The Kier molecular flexibility index (Phi) is 3.73. The number of likely N-dealkylation sites (tertiary alicyclic amines) is 1. The monoisotopic (exact) mass is 314 g/mol. The van der Waals surface area contributed by atoms with E-state index in [4.69, 9.17) is 5.73 Å². The van der Waals surface area contributed by atoms with E-state index in [1.807, 2.05) is 0 Å². The second-order valence-electron chi connectivity index (χ2n) is 5.15. The summed E-state index contributed by atoms with van der Waals surface area (Å²) in [5.74, 6) is -0.541. The number of hydrogen-bond acceptors (Lipinski definition) is 2. The van der Waals surface area contributed by atoms with Crippen LogP contribution in [0.5, 0.6) is 0 Å². The van der Waals surface area contributed by atoms with Gasteiger partial charge < -0.3 is 10.6 Å². The fourth-order valence-corrected chi connectivity index (χ4v) is 2.69. The lowest BCUT2D eigenvalue weighted by atomic mass is 9.90. The molecule has 0 spiro atoms. The van der Waals surface area contributed by atoms with Gasteiger partial charge in [0.15, 0.2) is 0 Å². The largest absolute Gasteiger partial charge is 0.338 e. The maximum atomic E-state index is 13.3. The van der Waals surface area contributed by atoms with E-state index in [2.05, 4.69) is 22.9 Å². The van der Waals surface area contributed by atoms with Gasteiger partial charge in [-0.2, -0.15) is 0 Å². The second-order valence-corrected chi connectivity index (χ2v) is 6.07. The van der Waals surface area contributed by atoms with Crippen LogP contribution in [0.1, 0.15) is 23.7 Å². The van der Waals surface area contributed by atoms with Crippen LogP contribution in [0.3, 0.4) is 0 Å². The summed E-state index contributed by atoms with van der Waals surface area (Å²) in [5, 5.41) is 0. The minimum absolute atomic E-state index is 0.0137. The Morgan fingerprint density at radius 3 is 2.83 bits per heavy atom. The fraction of sp³-hybridized carbons (Fsp3) is 0.462. The maximum absolute atomic E-state index is 13.3. The Morgan fingerprint density at radius 1 is 1.56 bits per heavy atom. The lowest BCUT2D eigenvalue weighted by Gasteiger charge is -2.22. The average Bonchev–Trinajstić information content (AvgIpc) is 2.70. The molecule has 1 aliphatic heterocycles. The van der Waals surface area contributed by atoms with E-state index in [0.717, 1.165) is 6.42 Å². The molecule has 1 saturated heterocycles. The van der Waals surface area contributed by atoms with Gasteiger partial charge in [-0.15, -0.1) is 0 Å². The van der Waals surface area contributed by atoms with E-state index in [-0.39, 0.29) is 11.3 Å². The second kappa shape index (κ2) is 4.97. The smallest absolute Gasteiger partial charge is 0.254 e. The van der Waals surface area contributed by atoms with Crippen molar-refractivity contribution in [3.05, 3.63) is 34.1 Å². The number of benzene rings is 1. The Labute approximate surface area is 114 Å². The highest BCUT2D eigenvalue weighted by Crippen LogP contribution is 2.29. The van der Waals surface area contributed by atoms with E-state index in [1.165, 1.54) is 12.1 Å². The van der Waals surface area contributed by atoms with Gasteiger partial charge >= 0.3 is 0 Å². The minimum atomic E-state index is -0.409. The molecule has 1 aromatic carbocycles. The number of rotatable bonds is 2. The van der Waals surface area contributed by atoms with Gasteiger partial charge in [0.05, 0.1) is 0 Å². The van der Waals surface area contributed by atoms with Crippen molar-refractivity contribution in [1.29, 1.82) is 0 Å². The molecule has 1 amide bonds. The molecular formula is C13H16BrFN2O. The molecule has 0 aliphatic carbocycles. The van der Waals surface area contributed by atoms with Gasteiger partial charge in [0.25, 0.3) is 5.91 Å². The Hall–Kier alpha value is -0.940. The van der Waals surface area contributed by atoms with Crippen LogP contribution < -0.4 is 5.73 Å². The molecule has 0 radical (unpaired) electrons. The van der Waals surface area contributed by atoms with E-state index in [9.17, 15) is 9.18 Å². The van der Waals surface area contributed by atoms with Crippen molar-refractivity contribution < 1.29 is 9.18 Å². The Bertz CT molecular complexity index is 460. The summed E-state index contributed by atoms with van der Waals surface area (Å²) in [7, 11) is 0. The van der Waals surface area contributed by atoms with Crippen molar-refractivity contribution in [3.63, 3.8) is 0 Å². The number of amides is 1. The van der Waals surface area contributed by atoms with Crippen LogP contribution in [0.15, 0.2) is 22.7 Å². The average molecular weight is 315 g/mol. The SMILES string of the molecule is CC1(CN)CCN(C(=O)c2cc(F)cc(Br)c2)C1. The number of carbonyl (C=O) groups excluding carboxylic acids is 1.